The number of hydrogen-bond acceptors (Lipinski definition) is 6. The molecule has 2 unspecified atom stereocenters. The standard InChI is InChI=1S/C22H30N4O2/c1-27-21-8-4-18(5-9-21)22-19(16-24-25-22)15-23-14-17-2-6-20(7-3-17)26-10-12-28-13-11-26/h2-9,19,22-25H,10-16H2,1H3. The van der Waals surface area contributed by atoms with Crippen molar-refractivity contribution in [3.63, 3.8) is 0 Å². The summed E-state index contributed by atoms with van der Waals surface area (Å²) in [6, 6.07) is 17.5. The molecule has 0 bridgehead atoms. The molecule has 2 aromatic rings. The second-order valence-corrected chi connectivity index (χ2v) is 7.43. The molecule has 150 valence electrons. The van der Waals surface area contributed by atoms with Gasteiger partial charge in [-0.25, -0.2) is 5.43 Å². The van der Waals surface area contributed by atoms with Gasteiger partial charge in [0.2, 0.25) is 0 Å². The van der Waals surface area contributed by atoms with E-state index in [4.69, 9.17) is 9.47 Å². The van der Waals surface area contributed by atoms with Crippen LogP contribution >= 0.6 is 0 Å². The lowest BCUT2D eigenvalue weighted by molar-refractivity contribution is 0.122. The van der Waals surface area contributed by atoms with Crippen LogP contribution in [0.5, 0.6) is 5.75 Å². The molecule has 2 heterocycles. The van der Waals surface area contributed by atoms with Gasteiger partial charge in [0.1, 0.15) is 5.75 Å². The summed E-state index contributed by atoms with van der Waals surface area (Å²) in [5.41, 5.74) is 10.6. The summed E-state index contributed by atoms with van der Waals surface area (Å²) in [5, 5.41) is 3.63. The normalized spacial score (nSPS) is 22.4. The Balaban J connectivity index is 1.27. The second kappa shape index (κ2) is 9.39. The van der Waals surface area contributed by atoms with E-state index in [1.54, 1.807) is 7.11 Å². The van der Waals surface area contributed by atoms with Gasteiger partial charge in [-0.1, -0.05) is 24.3 Å². The summed E-state index contributed by atoms with van der Waals surface area (Å²) < 4.78 is 10.7. The number of hydrogen-bond donors (Lipinski definition) is 3. The molecule has 0 aromatic heterocycles. The molecule has 2 atom stereocenters. The van der Waals surface area contributed by atoms with Crippen LogP contribution in [0.15, 0.2) is 48.5 Å². The first-order valence-corrected chi connectivity index (χ1v) is 10.1. The van der Waals surface area contributed by atoms with Gasteiger partial charge in [0.25, 0.3) is 0 Å². The average Bonchev–Trinajstić information content (AvgIpc) is 3.23. The van der Waals surface area contributed by atoms with Crippen molar-refractivity contribution in [1.82, 2.24) is 16.2 Å². The molecule has 0 radical (unpaired) electrons. The highest BCUT2D eigenvalue weighted by Crippen LogP contribution is 2.26. The molecule has 3 N–H and O–H groups in total. The molecule has 2 aromatic carbocycles. The number of benzene rings is 2. The molecule has 4 rings (SSSR count). The molecule has 0 saturated carbocycles. The number of rotatable bonds is 7. The molecule has 28 heavy (non-hydrogen) atoms. The molecule has 2 saturated heterocycles. The van der Waals surface area contributed by atoms with Gasteiger partial charge >= 0.3 is 0 Å². The van der Waals surface area contributed by atoms with E-state index in [0.717, 1.165) is 51.7 Å². The van der Waals surface area contributed by atoms with Gasteiger partial charge in [-0.05, 0) is 35.4 Å². The number of hydrazine groups is 1. The maximum atomic E-state index is 5.43. The predicted octanol–water partition coefficient (Wildman–Crippen LogP) is 2.09. The van der Waals surface area contributed by atoms with Crippen molar-refractivity contribution in [2.24, 2.45) is 5.92 Å². The molecule has 2 aliphatic rings. The topological polar surface area (TPSA) is 57.8 Å². The van der Waals surface area contributed by atoms with Gasteiger partial charge in [-0.15, -0.1) is 0 Å². The van der Waals surface area contributed by atoms with Crippen LogP contribution in [0.4, 0.5) is 5.69 Å². The summed E-state index contributed by atoms with van der Waals surface area (Å²) in [5.74, 6) is 1.39. The lowest BCUT2D eigenvalue weighted by atomic mass is 9.95. The Morgan fingerprint density at radius 2 is 1.82 bits per heavy atom. The second-order valence-electron chi connectivity index (χ2n) is 7.43. The zero-order chi connectivity index (χ0) is 19.2. The van der Waals surface area contributed by atoms with E-state index in [0.29, 0.717) is 12.0 Å². The Morgan fingerprint density at radius 1 is 1.07 bits per heavy atom. The average molecular weight is 383 g/mol. The molecule has 6 nitrogen and oxygen atoms in total. The van der Waals surface area contributed by atoms with Crippen LogP contribution in [0.3, 0.4) is 0 Å². The number of nitrogens with one attached hydrogen (secondary N) is 3. The van der Waals surface area contributed by atoms with Crippen molar-refractivity contribution in [2.75, 3.05) is 51.4 Å². The highest BCUT2D eigenvalue weighted by molar-refractivity contribution is 5.47. The third-order valence-electron chi connectivity index (χ3n) is 5.62. The van der Waals surface area contributed by atoms with E-state index >= 15 is 0 Å². The van der Waals surface area contributed by atoms with Crippen molar-refractivity contribution in [3.05, 3.63) is 59.7 Å². The monoisotopic (exact) mass is 382 g/mol. The lowest BCUT2D eigenvalue weighted by Crippen LogP contribution is -2.36. The lowest BCUT2D eigenvalue weighted by Gasteiger charge is -2.29. The highest BCUT2D eigenvalue weighted by Gasteiger charge is 2.27. The van der Waals surface area contributed by atoms with Crippen LogP contribution in [0, 0.1) is 5.92 Å². The van der Waals surface area contributed by atoms with E-state index in [1.807, 2.05) is 12.1 Å². The fourth-order valence-electron chi connectivity index (χ4n) is 3.94. The molecular weight excluding hydrogens is 352 g/mol. The minimum Gasteiger partial charge on any atom is -0.497 e. The smallest absolute Gasteiger partial charge is 0.118 e. The first-order chi connectivity index (χ1) is 13.8. The quantitative estimate of drug-likeness (QED) is 0.682. The Labute approximate surface area is 167 Å². The SMILES string of the molecule is COc1ccc(C2NNCC2CNCc2ccc(N3CCOCC3)cc2)cc1. The summed E-state index contributed by atoms with van der Waals surface area (Å²) in [6.45, 7) is 6.40. The molecule has 0 spiro atoms. The van der Waals surface area contributed by atoms with E-state index in [1.165, 1.54) is 16.8 Å². The predicted molar refractivity (Wildman–Crippen MR) is 112 cm³/mol. The first-order valence-electron chi connectivity index (χ1n) is 10.1. The van der Waals surface area contributed by atoms with Crippen molar-refractivity contribution in [3.8, 4) is 5.75 Å². The largest absolute Gasteiger partial charge is 0.497 e. The van der Waals surface area contributed by atoms with Gasteiger partial charge in [0, 0.05) is 44.3 Å². The van der Waals surface area contributed by atoms with Crippen molar-refractivity contribution in [2.45, 2.75) is 12.6 Å². The third-order valence-corrected chi connectivity index (χ3v) is 5.62. The van der Waals surface area contributed by atoms with Crippen LogP contribution in [-0.2, 0) is 11.3 Å². The van der Waals surface area contributed by atoms with Crippen molar-refractivity contribution in [1.29, 1.82) is 0 Å². The van der Waals surface area contributed by atoms with Gasteiger partial charge in [0.15, 0.2) is 0 Å². The molecule has 2 aliphatic heterocycles. The summed E-state index contributed by atoms with van der Waals surface area (Å²) in [6.07, 6.45) is 0. The van der Waals surface area contributed by atoms with E-state index in [2.05, 4.69) is 57.5 Å². The summed E-state index contributed by atoms with van der Waals surface area (Å²) in [4.78, 5) is 2.38. The van der Waals surface area contributed by atoms with Crippen LogP contribution in [0.2, 0.25) is 0 Å². The molecule has 0 aliphatic carbocycles. The number of anilines is 1. The zero-order valence-electron chi connectivity index (χ0n) is 16.5. The van der Waals surface area contributed by atoms with Gasteiger partial charge < -0.3 is 19.7 Å². The number of morpholine rings is 1. The summed E-state index contributed by atoms with van der Waals surface area (Å²) >= 11 is 0. The number of ether oxygens (including phenoxy) is 2. The maximum absolute atomic E-state index is 5.43. The van der Waals surface area contributed by atoms with E-state index in [-0.39, 0.29) is 0 Å². The van der Waals surface area contributed by atoms with E-state index < -0.39 is 0 Å². The number of nitrogens with zero attached hydrogens (tertiary/aromatic N) is 1. The molecule has 6 heteroatoms. The molecular formula is C22H30N4O2. The third kappa shape index (κ3) is 4.64. The van der Waals surface area contributed by atoms with Crippen molar-refractivity contribution < 1.29 is 9.47 Å². The highest BCUT2D eigenvalue weighted by atomic mass is 16.5. The van der Waals surface area contributed by atoms with Crippen molar-refractivity contribution >= 4 is 5.69 Å². The van der Waals surface area contributed by atoms with Gasteiger partial charge in [0.05, 0.1) is 26.4 Å². The Bertz CT molecular complexity index is 729. The first kappa shape index (κ1) is 19.2. The Kier molecular flexibility index (Phi) is 6.44. The minimum absolute atomic E-state index is 0.308. The van der Waals surface area contributed by atoms with E-state index in [9.17, 15) is 0 Å². The molecule has 2 fully saturated rings. The number of methoxy groups -OCH3 is 1. The molecule has 0 amide bonds. The fraction of sp³-hybridized carbons (Fsp3) is 0.455. The van der Waals surface area contributed by atoms with Crippen LogP contribution < -0.4 is 25.8 Å². The van der Waals surface area contributed by atoms with Crippen LogP contribution in [0.1, 0.15) is 17.2 Å². The summed E-state index contributed by atoms with van der Waals surface area (Å²) in [7, 11) is 1.70. The van der Waals surface area contributed by atoms with Gasteiger partial charge in [-0.3, -0.25) is 5.43 Å². The van der Waals surface area contributed by atoms with Crippen LogP contribution in [0.25, 0.3) is 0 Å². The van der Waals surface area contributed by atoms with Gasteiger partial charge in [-0.2, -0.15) is 0 Å². The zero-order valence-corrected chi connectivity index (χ0v) is 16.5. The van der Waals surface area contributed by atoms with Crippen LogP contribution in [-0.4, -0.2) is 46.5 Å². The fourth-order valence-corrected chi connectivity index (χ4v) is 3.94. The Hall–Kier alpha value is -2.12. The maximum Gasteiger partial charge on any atom is 0.118 e. The minimum atomic E-state index is 0.308. The Morgan fingerprint density at radius 3 is 2.54 bits per heavy atom.